The van der Waals surface area contributed by atoms with Crippen LogP contribution in [-0.4, -0.2) is 33.9 Å². The van der Waals surface area contributed by atoms with Crippen molar-refractivity contribution in [3.63, 3.8) is 0 Å². The van der Waals surface area contributed by atoms with E-state index in [9.17, 15) is 19.1 Å². The summed E-state index contributed by atoms with van der Waals surface area (Å²) >= 11 is 1.55. The van der Waals surface area contributed by atoms with Gasteiger partial charge in [0.15, 0.2) is 5.67 Å². The van der Waals surface area contributed by atoms with Gasteiger partial charge in [0.2, 0.25) is 5.91 Å². The fourth-order valence-electron chi connectivity index (χ4n) is 2.08. The fraction of sp³-hybridized carbons (Fsp3) is 0.533. The minimum absolute atomic E-state index is 0.0204. The molecule has 0 fully saturated rings. The van der Waals surface area contributed by atoms with Crippen molar-refractivity contribution in [1.82, 2.24) is 5.48 Å². The van der Waals surface area contributed by atoms with E-state index in [1.807, 2.05) is 17.5 Å². The van der Waals surface area contributed by atoms with Crippen molar-refractivity contribution >= 4 is 23.2 Å². The molecule has 0 spiro atoms. The van der Waals surface area contributed by atoms with Crippen molar-refractivity contribution in [2.45, 2.75) is 44.4 Å². The second-order valence-electron chi connectivity index (χ2n) is 5.60. The normalized spacial score (nSPS) is 16.3. The van der Waals surface area contributed by atoms with Gasteiger partial charge in [0, 0.05) is 10.8 Å². The molecule has 1 aromatic rings. The van der Waals surface area contributed by atoms with Gasteiger partial charge in [-0.15, -0.1) is 11.3 Å². The predicted molar refractivity (Wildman–Crippen MR) is 84.3 cm³/mol. The summed E-state index contributed by atoms with van der Waals surface area (Å²) < 4.78 is 13.9. The number of aliphatic hydroxyl groups is 1. The molecule has 129 valence electrons. The van der Waals surface area contributed by atoms with E-state index in [0.717, 1.165) is 11.8 Å². The SMILES string of the molecule is CC(F)(CCC(CC(O)[CH]Cc1cccs1)C(=O)NO)C(N)=O. The summed E-state index contributed by atoms with van der Waals surface area (Å²) in [6, 6.07) is 3.82. The van der Waals surface area contributed by atoms with Crippen molar-refractivity contribution in [1.29, 1.82) is 0 Å². The minimum atomic E-state index is -2.24. The molecular weight excluding hydrogens is 323 g/mol. The molecule has 3 atom stereocenters. The third-order valence-corrected chi connectivity index (χ3v) is 4.55. The van der Waals surface area contributed by atoms with E-state index in [1.165, 1.54) is 5.48 Å². The zero-order valence-electron chi connectivity index (χ0n) is 12.9. The lowest BCUT2D eigenvalue weighted by Gasteiger charge is -2.22. The summed E-state index contributed by atoms with van der Waals surface area (Å²) in [6.07, 6.45) is 1.04. The van der Waals surface area contributed by atoms with E-state index in [-0.39, 0.29) is 19.3 Å². The Morgan fingerprint density at radius 3 is 2.78 bits per heavy atom. The number of alkyl halides is 1. The first-order valence-electron chi connectivity index (χ1n) is 7.22. The second-order valence-corrected chi connectivity index (χ2v) is 6.63. The van der Waals surface area contributed by atoms with E-state index in [2.05, 4.69) is 0 Å². The van der Waals surface area contributed by atoms with Crippen molar-refractivity contribution in [2.75, 3.05) is 0 Å². The molecule has 23 heavy (non-hydrogen) atoms. The maximum atomic E-state index is 13.9. The highest BCUT2D eigenvalue weighted by Gasteiger charge is 2.33. The molecule has 0 saturated heterocycles. The van der Waals surface area contributed by atoms with Crippen LogP contribution in [-0.2, 0) is 16.0 Å². The Balaban J connectivity index is 2.53. The monoisotopic (exact) mass is 345 g/mol. The Bertz CT molecular complexity index is 508. The van der Waals surface area contributed by atoms with Crippen molar-refractivity contribution in [2.24, 2.45) is 11.7 Å². The molecule has 0 aliphatic carbocycles. The average molecular weight is 345 g/mol. The van der Waals surface area contributed by atoms with Gasteiger partial charge in [0.1, 0.15) is 0 Å². The number of primary amides is 1. The first-order chi connectivity index (χ1) is 10.8. The molecule has 1 rings (SSSR count). The fourth-order valence-corrected chi connectivity index (χ4v) is 2.77. The zero-order chi connectivity index (χ0) is 17.5. The second kappa shape index (κ2) is 8.95. The van der Waals surface area contributed by atoms with Crippen LogP contribution in [0.15, 0.2) is 17.5 Å². The molecule has 3 unspecified atom stereocenters. The lowest BCUT2D eigenvalue weighted by Crippen LogP contribution is -2.38. The van der Waals surface area contributed by atoms with Gasteiger partial charge in [-0.25, -0.2) is 9.87 Å². The summed E-state index contributed by atoms with van der Waals surface area (Å²) in [5.74, 6) is -2.66. The maximum absolute atomic E-state index is 13.9. The number of hydrogen-bond acceptors (Lipinski definition) is 5. The molecule has 0 saturated carbocycles. The number of thiophene rings is 1. The van der Waals surface area contributed by atoms with Gasteiger partial charge in [-0.3, -0.25) is 14.8 Å². The van der Waals surface area contributed by atoms with E-state index in [1.54, 1.807) is 17.8 Å². The van der Waals surface area contributed by atoms with Crippen LogP contribution in [0, 0.1) is 12.3 Å². The number of nitrogens with one attached hydrogen (secondary N) is 1. The lowest BCUT2D eigenvalue weighted by molar-refractivity contribution is -0.136. The Hall–Kier alpha value is -1.51. The van der Waals surface area contributed by atoms with Gasteiger partial charge in [-0.2, -0.15) is 0 Å². The number of aliphatic hydroxyl groups excluding tert-OH is 1. The summed E-state index contributed by atoms with van der Waals surface area (Å²) in [6.45, 7) is 1.04. The van der Waals surface area contributed by atoms with E-state index in [4.69, 9.17) is 10.9 Å². The number of nitrogens with two attached hydrogens (primary N) is 1. The van der Waals surface area contributed by atoms with Gasteiger partial charge in [-0.1, -0.05) is 6.07 Å². The van der Waals surface area contributed by atoms with Gasteiger partial charge >= 0.3 is 0 Å². The molecule has 8 heteroatoms. The third-order valence-electron chi connectivity index (χ3n) is 3.65. The Kier molecular flexibility index (Phi) is 7.60. The number of hydrogen-bond donors (Lipinski definition) is 4. The van der Waals surface area contributed by atoms with Gasteiger partial charge in [0.25, 0.3) is 5.91 Å². The number of halogens is 1. The molecule has 0 aliphatic rings. The van der Waals surface area contributed by atoms with Crippen LogP contribution >= 0.6 is 11.3 Å². The highest BCUT2D eigenvalue weighted by Crippen LogP contribution is 2.24. The van der Waals surface area contributed by atoms with Gasteiger partial charge < -0.3 is 10.8 Å². The van der Waals surface area contributed by atoms with Crippen LogP contribution in [0.3, 0.4) is 0 Å². The number of amides is 2. The summed E-state index contributed by atoms with van der Waals surface area (Å²) in [4.78, 5) is 23.7. The van der Waals surface area contributed by atoms with Crippen LogP contribution < -0.4 is 11.2 Å². The van der Waals surface area contributed by atoms with Gasteiger partial charge in [-0.05, 0) is 50.5 Å². The molecule has 1 radical (unpaired) electrons. The van der Waals surface area contributed by atoms with Gasteiger partial charge in [0.05, 0.1) is 6.10 Å². The lowest BCUT2D eigenvalue weighted by atomic mass is 9.89. The zero-order valence-corrected chi connectivity index (χ0v) is 13.7. The standard InChI is InChI=1S/C15H22FN2O4S/c1-15(16,14(17)21)7-6-10(13(20)18-22)9-11(19)4-5-12-3-2-8-23-12/h2-4,8,10-11,19,22H,5-7,9H2,1H3,(H2,17,21)(H,18,20). The van der Waals surface area contributed by atoms with Crippen LogP contribution in [0.1, 0.15) is 31.1 Å². The smallest absolute Gasteiger partial charge is 0.254 e. The Morgan fingerprint density at radius 2 is 2.26 bits per heavy atom. The maximum Gasteiger partial charge on any atom is 0.254 e. The molecule has 6 nitrogen and oxygen atoms in total. The van der Waals surface area contributed by atoms with Crippen LogP contribution in [0.4, 0.5) is 4.39 Å². The third kappa shape index (κ3) is 6.64. The first kappa shape index (κ1) is 19.5. The minimum Gasteiger partial charge on any atom is -0.393 e. The molecule has 1 heterocycles. The largest absolute Gasteiger partial charge is 0.393 e. The van der Waals surface area contributed by atoms with E-state index >= 15 is 0 Å². The topological polar surface area (TPSA) is 113 Å². The Labute approximate surface area is 138 Å². The number of hydroxylamine groups is 1. The molecule has 0 aromatic carbocycles. The quantitative estimate of drug-likeness (QED) is 0.379. The molecular formula is C15H22FN2O4S. The molecule has 0 bridgehead atoms. The molecule has 1 aromatic heterocycles. The predicted octanol–water partition coefficient (Wildman–Crippen LogP) is 1.36. The van der Waals surface area contributed by atoms with Crippen LogP contribution in [0.2, 0.25) is 0 Å². The van der Waals surface area contributed by atoms with E-state index in [0.29, 0.717) is 6.42 Å². The molecule has 0 aliphatic heterocycles. The van der Waals surface area contributed by atoms with Crippen molar-refractivity contribution < 1.29 is 24.3 Å². The van der Waals surface area contributed by atoms with E-state index < -0.39 is 29.5 Å². The summed E-state index contributed by atoms with van der Waals surface area (Å²) in [5, 5.41) is 20.7. The molecule has 2 amide bonds. The average Bonchev–Trinajstić information content (AvgIpc) is 3.01. The first-order valence-corrected chi connectivity index (χ1v) is 8.10. The highest BCUT2D eigenvalue weighted by atomic mass is 32.1. The van der Waals surface area contributed by atoms with Crippen LogP contribution in [0.25, 0.3) is 0 Å². The number of carbonyl (C=O) groups is 2. The van der Waals surface area contributed by atoms with Crippen molar-refractivity contribution in [3.05, 3.63) is 28.8 Å². The molecule has 5 N–H and O–H groups in total. The summed E-state index contributed by atoms with van der Waals surface area (Å²) in [7, 11) is 0. The van der Waals surface area contributed by atoms with Crippen molar-refractivity contribution in [3.8, 4) is 0 Å². The Morgan fingerprint density at radius 1 is 1.57 bits per heavy atom. The number of rotatable bonds is 10. The number of carbonyl (C=O) groups excluding carboxylic acids is 2. The van der Waals surface area contributed by atoms with Crippen LogP contribution in [0.5, 0.6) is 0 Å². The summed E-state index contributed by atoms with van der Waals surface area (Å²) in [5.41, 5.74) is 4.22. The highest BCUT2D eigenvalue weighted by molar-refractivity contribution is 7.09.